The second-order valence-corrected chi connectivity index (χ2v) is 4.62. The molecule has 0 amide bonds. The smallest absolute Gasteiger partial charge is 0.0708 e. The molecule has 0 radical (unpaired) electrons. The molecule has 0 atom stereocenters. The molecule has 0 bridgehead atoms. The Morgan fingerprint density at radius 3 is 2.81 bits per heavy atom. The number of hydrogen-bond donors (Lipinski definition) is 0. The van der Waals surface area contributed by atoms with E-state index in [1.165, 1.54) is 23.8 Å². The molecule has 0 spiro atoms. The van der Waals surface area contributed by atoms with Gasteiger partial charge in [0.1, 0.15) is 0 Å². The molecule has 1 heterocycles. The van der Waals surface area contributed by atoms with Crippen molar-refractivity contribution < 1.29 is 0 Å². The quantitative estimate of drug-likeness (QED) is 0.759. The fourth-order valence-electron chi connectivity index (χ4n) is 1.99. The van der Waals surface area contributed by atoms with Gasteiger partial charge in [0, 0.05) is 16.1 Å². The zero-order valence-electron chi connectivity index (χ0n) is 9.76. The maximum atomic E-state index is 6.04. The van der Waals surface area contributed by atoms with Crippen LogP contribution in [0.3, 0.4) is 0 Å². The van der Waals surface area contributed by atoms with Crippen molar-refractivity contribution in [2.24, 2.45) is 0 Å². The van der Waals surface area contributed by atoms with Crippen molar-refractivity contribution in [3.05, 3.63) is 40.5 Å². The third-order valence-electron chi connectivity index (χ3n) is 2.78. The van der Waals surface area contributed by atoms with Gasteiger partial charge in [-0.25, -0.2) is 0 Å². The van der Waals surface area contributed by atoms with Gasteiger partial charge < -0.3 is 0 Å². The zero-order chi connectivity index (χ0) is 11.5. The molecule has 1 aromatic heterocycles. The van der Waals surface area contributed by atoms with Crippen LogP contribution < -0.4 is 0 Å². The van der Waals surface area contributed by atoms with E-state index in [2.05, 4.69) is 18.0 Å². The fraction of sp³-hybridized carbons (Fsp3) is 0.357. The third kappa shape index (κ3) is 2.35. The Morgan fingerprint density at radius 2 is 2.06 bits per heavy atom. The highest BCUT2D eigenvalue weighted by Gasteiger charge is 2.04. The number of unbranched alkanes of at least 4 members (excludes halogenated alkanes) is 1. The van der Waals surface area contributed by atoms with Crippen LogP contribution in [0.4, 0.5) is 0 Å². The van der Waals surface area contributed by atoms with Crippen molar-refractivity contribution in [1.82, 2.24) is 4.98 Å². The van der Waals surface area contributed by atoms with Gasteiger partial charge in [-0.15, -0.1) is 0 Å². The third-order valence-corrected chi connectivity index (χ3v) is 3.02. The van der Waals surface area contributed by atoms with Crippen molar-refractivity contribution >= 4 is 22.5 Å². The summed E-state index contributed by atoms with van der Waals surface area (Å²) >= 11 is 6.04. The Balaban J connectivity index is 2.55. The molecule has 16 heavy (non-hydrogen) atoms. The van der Waals surface area contributed by atoms with Crippen LogP contribution in [0.25, 0.3) is 10.9 Å². The number of fused-ring (bicyclic) bond motifs is 1. The van der Waals surface area contributed by atoms with Gasteiger partial charge in [0.05, 0.1) is 5.52 Å². The summed E-state index contributed by atoms with van der Waals surface area (Å²) in [5, 5.41) is 1.99. The summed E-state index contributed by atoms with van der Waals surface area (Å²) in [6.45, 7) is 4.26. The van der Waals surface area contributed by atoms with Crippen LogP contribution in [0.15, 0.2) is 24.3 Å². The summed E-state index contributed by atoms with van der Waals surface area (Å²) in [4.78, 5) is 4.53. The van der Waals surface area contributed by atoms with E-state index < -0.39 is 0 Å². The van der Waals surface area contributed by atoms with Gasteiger partial charge >= 0.3 is 0 Å². The number of aryl methyl sites for hydroxylation is 2. The zero-order valence-corrected chi connectivity index (χ0v) is 10.5. The molecule has 0 aliphatic carbocycles. The van der Waals surface area contributed by atoms with Gasteiger partial charge in [-0.1, -0.05) is 24.9 Å². The van der Waals surface area contributed by atoms with Crippen LogP contribution in [0.5, 0.6) is 0 Å². The van der Waals surface area contributed by atoms with Gasteiger partial charge in [-0.05, 0) is 49.6 Å². The summed E-state index contributed by atoms with van der Waals surface area (Å²) in [5.41, 5.74) is 3.50. The van der Waals surface area contributed by atoms with E-state index in [-0.39, 0.29) is 0 Å². The van der Waals surface area contributed by atoms with Crippen LogP contribution in [0.1, 0.15) is 31.0 Å². The fourth-order valence-corrected chi connectivity index (χ4v) is 2.16. The van der Waals surface area contributed by atoms with Crippen molar-refractivity contribution in [2.75, 3.05) is 0 Å². The maximum absolute atomic E-state index is 6.04. The molecule has 2 aromatic rings. The average molecular weight is 234 g/mol. The van der Waals surface area contributed by atoms with Crippen molar-refractivity contribution in [2.45, 2.75) is 33.1 Å². The number of halogens is 1. The first-order valence-corrected chi connectivity index (χ1v) is 6.14. The van der Waals surface area contributed by atoms with E-state index in [4.69, 9.17) is 11.6 Å². The number of pyridine rings is 1. The molecule has 2 rings (SSSR count). The molecule has 2 heteroatoms. The Labute approximate surface area is 101 Å². The van der Waals surface area contributed by atoms with E-state index in [0.717, 1.165) is 22.7 Å². The molecule has 0 aliphatic rings. The Bertz CT molecular complexity index is 505. The van der Waals surface area contributed by atoms with E-state index in [1.54, 1.807) is 0 Å². The lowest BCUT2D eigenvalue weighted by atomic mass is 10.0. The largest absolute Gasteiger partial charge is 0.253 e. The summed E-state index contributed by atoms with van der Waals surface area (Å²) < 4.78 is 0. The molecule has 0 unspecified atom stereocenters. The van der Waals surface area contributed by atoms with Gasteiger partial charge in [0.2, 0.25) is 0 Å². The number of rotatable bonds is 3. The normalized spacial score (nSPS) is 10.9. The summed E-state index contributed by atoms with van der Waals surface area (Å²) in [6, 6.07) is 8.10. The summed E-state index contributed by atoms with van der Waals surface area (Å²) in [5.74, 6) is 0. The lowest BCUT2D eigenvalue weighted by Gasteiger charge is -2.07. The van der Waals surface area contributed by atoms with Crippen LogP contribution >= 0.6 is 11.6 Å². The highest BCUT2D eigenvalue weighted by atomic mass is 35.5. The van der Waals surface area contributed by atoms with E-state index in [1.807, 2.05) is 25.1 Å². The van der Waals surface area contributed by atoms with Crippen LogP contribution in [0.2, 0.25) is 5.02 Å². The Hall–Kier alpha value is -1.08. The molecule has 0 fully saturated rings. The topological polar surface area (TPSA) is 12.9 Å². The van der Waals surface area contributed by atoms with Crippen molar-refractivity contribution in [3.63, 3.8) is 0 Å². The molecule has 84 valence electrons. The molecular formula is C14H16ClN. The lowest BCUT2D eigenvalue weighted by Crippen LogP contribution is -1.92. The van der Waals surface area contributed by atoms with E-state index >= 15 is 0 Å². The number of benzene rings is 1. The first-order chi connectivity index (χ1) is 7.70. The highest BCUT2D eigenvalue weighted by molar-refractivity contribution is 6.31. The molecule has 1 nitrogen and oxygen atoms in total. The lowest BCUT2D eigenvalue weighted by molar-refractivity contribution is 0.797. The first-order valence-electron chi connectivity index (χ1n) is 5.76. The van der Waals surface area contributed by atoms with Gasteiger partial charge in [-0.3, -0.25) is 4.98 Å². The minimum absolute atomic E-state index is 0.788. The van der Waals surface area contributed by atoms with Crippen LogP contribution in [-0.2, 0) is 6.42 Å². The average Bonchev–Trinajstić information content (AvgIpc) is 2.26. The monoisotopic (exact) mass is 233 g/mol. The SMILES string of the molecule is CCCCc1cc(C)nc2ccc(Cl)cc12. The molecule has 1 aromatic carbocycles. The number of aromatic nitrogens is 1. The number of nitrogens with zero attached hydrogens (tertiary/aromatic N) is 1. The summed E-state index contributed by atoms with van der Waals surface area (Å²) in [6.07, 6.45) is 3.53. The van der Waals surface area contributed by atoms with Crippen molar-refractivity contribution in [1.29, 1.82) is 0 Å². The molecule has 0 saturated carbocycles. The molecule has 0 saturated heterocycles. The van der Waals surface area contributed by atoms with Gasteiger partial charge in [0.15, 0.2) is 0 Å². The molecule has 0 aliphatic heterocycles. The van der Waals surface area contributed by atoms with Crippen LogP contribution in [0, 0.1) is 6.92 Å². The van der Waals surface area contributed by atoms with E-state index in [0.29, 0.717) is 0 Å². The predicted molar refractivity (Wildman–Crippen MR) is 70.1 cm³/mol. The minimum atomic E-state index is 0.788. The van der Waals surface area contributed by atoms with Crippen LogP contribution in [-0.4, -0.2) is 4.98 Å². The minimum Gasteiger partial charge on any atom is -0.253 e. The Morgan fingerprint density at radius 1 is 1.25 bits per heavy atom. The van der Waals surface area contributed by atoms with Crippen molar-refractivity contribution in [3.8, 4) is 0 Å². The molecule has 0 N–H and O–H groups in total. The highest BCUT2D eigenvalue weighted by Crippen LogP contribution is 2.23. The maximum Gasteiger partial charge on any atom is 0.0708 e. The number of hydrogen-bond acceptors (Lipinski definition) is 1. The summed E-state index contributed by atoms with van der Waals surface area (Å²) in [7, 11) is 0. The second-order valence-electron chi connectivity index (χ2n) is 4.19. The van der Waals surface area contributed by atoms with E-state index in [9.17, 15) is 0 Å². The standard InChI is InChI=1S/C14H16ClN/c1-3-4-5-11-8-10(2)16-14-7-6-12(15)9-13(11)14/h6-9H,3-5H2,1-2H3. The Kier molecular flexibility index (Phi) is 3.45. The molecular weight excluding hydrogens is 218 g/mol. The van der Waals surface area contributed by atoms with Gasteiger partial charge in [0.25, 0.3) is 0 Å². The predicted octanol–water partition coefficient (Wildman–Crippen LogP) is 4.54. The first kappa shape index (κ1) is 11.4. The van der Waals surface area contributed by atoms with Gasteiger partial charge in [-0.2, -0.15) is 0 Å². The second kappa shape index (κ2) is 4.84.